The fraction of sp³-hybridized carbons (Fsp3) is 0.353. The van der Waals surface area contributed by atoms with Crippen LogP contribution in [-0.4, -0.2) is 11.0 Å². The number of pyridine rings is 1. The first-order valence-corrected chi connectivity index (χ1v) is 6.90. The summed E-state index contributed by atoms with van der Waals surface area (Å²) in [6.07, 6.45) is 1.53. The first-order valence-electron chi connectivity index (χ1n) is 6.90. The summed E-state index contributed by atoms with van der Waals surface area (Å²) >= 11 is 0. The highest BCUT2D eigenvalue weighted by molar-refractivity contribution is 5.42. The van der Waals surface area contributed by atoms with Gasteiger partial charge in [-0.15, -0.1) is 0 Å². The zero-order chi connectivity index (χ0) is 14.7. The van der Waals surface area contributed by atoms with Gasteiger partial charge in [0.25, 0.3) is 0 Å². The number of nitrogens with two attached hydrogens (primary N) is 1. The van der Waals surface area contributed by atoms with E-state index in [9.17, 15) is 0 Å². The van der Waals surface area contributed by atoms with Crippen LogP contribution in [0.5, 0.6) is 5.75 Å². The molecule has 0 bridgehead atoms. The molecule has 106 valence electrons. The Bertz CT molecular complexity index is 579. The molecule has 1 heterocycles. The summed E-state index contributed by atoms with van der Waals surface area (Å²) in [7, 11) is 0. The van der Waals surface area contributed by atoms with Crippen LogP contribution in [0, 0.1) is 20.8 Å². The molecule has 2 rings (SSSR count). The van der Waals surface area contributed by atoms with Crippen molar-refractivity contribution >= 4 is 0 Å². The van der Waals surface area contributed by atoms with Gasteiger partial charge in [-0.2, -0.15) is 0 Å². The van der Waals surface area contributed by atoms with Crippen LogP contribution >= 0.6 is 0 Å². The van der Waals surface area contributed by atoms with Gasteiger partial charge in [-0.25, -0.2) is 0 Å². The zero-order valence-corrected chi connectivity index (χ0v) is 12.6. The predicted octanol–water partition coefficient (Wildman–Crippen LogP) is 3.47. The highest BCUT2D eigenvalue weighted by atomic mass is 16.5. The Kier molecular flexibility index (Phi) is 4.40. The second-order valence-electron chi connectivity index (χ2n) is 5.36. The molecule has 3 heteroatoms. The molecule has 0 radical (unpaired) electrons. The summed E-state index contributed by atoms with van der Waals surface area (Å²) in [6.45, 7) is 8.18. The van der Waals surface area contributed by atoms with E-state index >= 15 is 0 Å². The van der Waals surface area contributed by atoms with Crippen molar-refractivity contribution in [2.24, 2.45) is 5.73 Å². The molecule has 0 aliphatic rings. The summed E-state index contributed by atoms with van der Waals surface area (Å²) in [5.74, 6) is 0.885. The van der Waals surface area contributed by atoms with Gasteiger partial charge in [-0.3, -0.25) is 4.98 Å². The molecule has 1 aromatic heterocycles. The second kappa shape index (κ2) is 6.06. The molecule has 0 saturated heterocycles. The average molecular weight is 270 g/mol. The quantitative estimate of drug-likeness (QED) is 0.925. The highest BCUT2D eigenvalue weighted by Gasteiger charge is 2.20. The van der Waals surface area contributed by atoms with Crippen molar-refractivity contribution in [2.75, 3.05) is 0 Å². The summed E-state index contributed by atoms with van der Waals surface area (Å²) < 4.78 is 6.17. The number of ether oxygens (including phenoxy) is 1. The van der Waals surface area contributed by atoms with Gasteiger partial charge >= 0.3 is 0 Å². The molecule has 2 unspecified atom stereocenters. The third kappa shape index (κ3) is 3.17. The molecular formula is C17H22N2O. The monoisotopic (exact) mass is 270 g/mol. The Labute approximate surface area is 120 Å². The summed E-state index contributed by atoms with van der Waals surface area (Å²) in [5.41, 5.74) is 10.5. The van der Waals surface area contributed by atoms with Gasteiger partial charge in [-0.05, 0) is 62.6 Å². The molecule has 0 fully saturated rings. The number of nitrogens with zero attached hydrogens (tertiary/aromatic N) is 1. The molecule has 0 spiro atoms. The van der Waals surface area contributed by atoms with Crippen molar-refractivity contribution in [3.05, 3.63) is 58.9 Å². The number of aromatic nitrogens is 1. The maximum absolute atomic E-state index is 6.17. The lowest BCUT2D eigenvalue weighted by molar-refractivity contribution is 0.174. The van der Waals surface area contributed by atoms with Crippen LogP contribution in [0.4, 0.5) is 0 Å². The predicted molar refractivity (Wildman–Crippen MR) is 81.9 cm³/mol. The van der Waals surface area contributed by atoms with Gasteiger partial charge in [0.15, 0.2) is 6.10 Å². The normalized spacial score (nSPS) is 13.8. The van der Waals surface area contributed by atoms with E-state index in [1.54, 1.807) is 6.20 Å². The largest absolute Gasteiger partial charge is 0.482 e. The molecule has 1 aromatic carbocycles. The van der Waals surface area contributed by atoms with Crippen molar-refractivity contribution in [2.45, 2.75) is 39.8 Å². The van der Waals surface area contributed by atoms with E-state index in [0.717, 1.165) is 17.0 Å². The molecule has 0 saturated carbocycles. The van der Waals surface area contributed by atoms with Crippen molar-refractivity contribution < 1.29 is 4.74 Å². The van der Waals surface area contributed by atoms with Crippen LogP contribution in [0.3, 0.4) is 0 Å². The number of hydrogen-bond donors (Lipinski definition) is 1. The van der Waals surface area contributed by atoms with E-state index in [-0.39, 0.29) is 12.1 Å². The average Bonchev–Trinajstić information content (AvgIpc) is 2.41. The lowest BCUT2D eigenvalue weighted by Gasteiger charge is -2.24. The number of hydrogen-bond acceptors (Lipinski definition) is 3. The molecule has 20 heavy (non-hydrogen) atoms. The number of benzene rings is 1. The number of aryl methyl sites for hydroxylation is 2. The molecule has 2 N–H and O–H groups in total. The van der Waals surface area contributed by atoms with Crippen LogP contribution in [0.2, 0.25) is 0 Å². The lowest BCUT2D eigenvalue weighted by Crippen LogP contribution is -2.30. The van der Waals surface area contributed by atoms with Gasteiger partial charge in [0, 0.05) is 12.2 Å². The smallest absolute Gasteiger partial charge is 0.155 e. The summed E-state index contributed by atoms with van der Waals surface area (Å²) in [4.78, 5) is 4.37. The molecule has 2 atom stereocenters. The number of rotatable bonds is 4. The third-order valence-corrected chi connectivity index (χ3v) is 3.47. The topological polar surface area (TPSA) is 48.1 Å². The molecule has 0 aliphatic carbocycles. The zero-order valence-electron chi connectivity index (χ0n) is 12.6. The Morgan fingerprint density at radius 2 is 1.90 bits per heavy atom. The van der Waals surface area contributed by atoms with Crippen molar-refractivity contribution in [1.29, 1.82) is 0 Å². The van der Waals surface area contributed by atoms with Gasteiger partial charge in [-0.1, -0.05) is 12.1 Å². The molecule has 0 amide bonds. The van der Waals surface area contributed by atoms with E-state index in [0.29, 0.717) is 0 Å². The minimum Gasteiger partial charge on any atom is -0.482 e. The van der Waals surface area contributed by atoms with E-state index < -0.39 is 0 Å². The fourth-order valence-corrected chi connectivity index (χ4v) is 2.24. The van der Waals surface area contributed by atoms with E-state index in [1.807, 2.05) is 25.1 Å². The molecule has 2 aromatic rings. The third-order valence-electron chi connectivity index (χ3n) is 3.47. The highest BCUT2D eigenvalue weighted by Crippen LogP contribution is 2.29. The van der Waals surface area contributed by atoms with Crippen molar-refractivity contribution in [1.82, 2.24) is 4.98 Å². The molecular weight excluding hydrogens is 248 g/mol. The van der Waals surface area contributed by atoms with Crippen LogP contribution in [0.1, 0.15) is 35.4 Å². The van der Waals surface area contributed by atoms with Crippen molar-refractivity contribution in [3.8, 4) is 5.75 Å². The minimum absolute atomic E-state index is 0.134. The Morgan fingerprint density at radius 3 is 2.50 bits per heavy atom. The van der Waals surface area contributed by atoms with Crippen LogP contribution < -0.4 is 10.5 Å². The van der Waals surface area contributed by atoms with E-state index in [1.165, 1.54) is 11.1 Å². The first-order chi connectivity index (χ1) is 9.49. The molecule has 0 aliphatic heterocycles. The van der Waals surface area contributed by atoms with Crippen molar-refractivity contribution in [3.63, 3.8) is 0 Å². The lowest BCUT2D eigenvalue weighted by atomic mass is 10.0. The fourth-order valence-electron chi connectivity index (χ4n) is 2.24. The van der Waals surface area contributed by atoms with E-state index in [2.05, 4.69) is 37.9 Å². The second-order valence-corrected chi connectivity index (χ2v) is 5.36. The van der Waals surface area contributed by atoms with Gasteiger partial charge in [0.05, 0.1) is 5.69 Å². The first kappa shape index (κ1) is 14.5. The van der Waals surface area contributed by atoms with Crippen LogP contribution in [-0.2, 0) is 0 Å². The van der Waals surface area contributed by atoms with Crippen LogP contribution in [0.25, 0.3) is 0 Å². The standard InChI is InChI=1S/C17H22N2O/c1-11-9-12(2)13(3)16(10-11)20-17(14(4)18)15-7-5-6-8-19-15/h5-10,14,17H,18H2,1-4H3. The summed E-state index contributed by atoms with van der Waals surface area (Å²) in [6, 6.07) is 9.88. The maximum atomic E-state index is 6.17. The SMILES string of the molecule is Cc1cc(C)c(C)c(OC(c2ccccn2)C(C)N)c1. The molecule has 3 nitrogen and oxygen atoms in total. The Hall–Kier alpha value is -1.87. The van der Waals surface area contributed by atoms with Gasteiger partial charge in [0.1, 0.15) is 5.75 Å². The van der Waals surface area contributed by atoms with E-state index in [4.69, 9.17) is 10.5 Å². The Morgan fingerprint density at radius 1 is 1.15 bits per heavy atom. The summed E-state index contributed by atoms with van der Waals surface area (Å²) in [5, 5.41) is 0. The van der Waals surface area contributed by atoms with Gasteiger partial charge in [0.2, 0.25) is 0 Å². The minimum atomic E-state index is -0.240. The van der Waals surface area contributed by atoms with Gasteiger partial charge < -0.3 is 10.5 Å². The van der Waals surface area contributed by atoms with Crippen LogP contribution in [0.15, 0.2) is 36.5 Å². The maximum Gasteiger partial charge on any atom is 0.155 e. The Balaban J connectivity index is 2.35.